The van der Waals surface area contributed by atoms with Crippen molar-refractivity contribution < 1.29 is 18.6 Å². The minimum Gasteiger partial charge on any atom is -0.323 e. The van der Waals surface area contributed by atoms with E-state index in [9.17, 15) is 8.77 Å². The quantitative estimate of drug-likeness (QED) is 0.472. The van der Waals surface area contributed by atoms with Crippen LogP contribution in [0.25, 0.3) is 0 Å². The molecule has 0 radical (unpaired) electrons. The fourth-order valence-electron chi connectivity index (χ4n) is 0.514. The van der Waals surface area contributed by atoms with E-state index < -0.39 is 23.1 Å². The molecule has 0 fully saturated rings. The van der Waals surface area contributed by atoms with E-state index in [4.69, 9.17) is 20.3 Å². The molecule has 0 spiro atoms. The first-order chi connectivity index (χ1) is 5.13. The first-order valence-electron chi connectivity index (χ1n) is 3.15. The first kappa shape index (κ1) is 12.1. The number of nitrogens with two attached hydrogens (primary N) is 1. The second-order valence-electron chi connectivity index (χ2n) is 2.65. The molecule has 5 N–H and O–H groups in total. The van der Waals surface area contributed by atoms with Crippen LogP contribution in [0, 0.1) is 4.78 Å². The minimum absolute atomic E-state index is 0.0841. The average Bonchev–Trinajstić information content (AvgIpc) is 1.78. The molecular formula is C4H13N2O4PS. The maximum atomic E-state index is 10.8. The zero-order valence-corrected chi connectivity index (χ0v) is 8.35. The van der Waals surface area contributed by atoms with Crippen LogP contribution in [0.2, 0.25) is 0 Å². The molecule has 8 heteroatoms. The third kappa shape index (κ3) is 5.68. The molecule has 12 heavy (non-hydrogen) atoms. The van der Waals surface area contributed by atoms with Gasteiger partial charge in [-0.25, -0.2) is 0 Å². The monoisotopic (exact) mass is 216 g/mol. The molecule has 0 aliphatic carbocycles. The van der Waals surface area contributed by atoms with Crippen molar-refractivity contribution in [3.63, 3.8) is 0 Å². The van der Waals surface area contributed by atoms with Gasteiger partial charge in [0, 0.05) is 21.7 Å². The minimum atomic E-state index is -4.27. The molecule has 0 heterocycles. The summed E-state index contributed by atoms with van der Waals surface area (Å²) in [5.74, 6) is -1.39. The molecule has 0 bridgehead atoms. The van der Waals surface area contributed by atoms with Gasteiger partial charge in [-0.05, 0) is 6.42 Å². The van der Waals surface area contributed by atoms with Gasteiger partial charge in [0.15, 0.2) is 0 Å². The Hall–Kier alpha value is 0.0600. The Bertz CT molecular complexity index is 281. The molecular weight excluding hydrogens is 203 g/mol. The highest BCUT2D eigenvalue weighted by atomic mass is 32.2. The summed E-state index contributed by atoms with van der Waals surface area (Å²) < 4.78 is 28.2. The molecule has 0 amide bonds. The lowest BCUT2D eigenvalue weighted by atomic mass is 10.5. The maximum Gasteiger partial charge on any atom is 0.342 e. The standard InChI is InChI=1S/C4H13N2O4PS/c1-12(6,10)3-2-4(5)11(7,8)9/h4,6H,2-3,5H2,1H3,(H2,7,8,9)/t4-,12+/m0/s1. The molecule has 0 aromatic rings. The van der Waals surface area contributed by atoms with Crippen LogP contribution in [0.15, 0.2) is 0 Å². The molecule has 0 unspecified atom stereocenters. The van der Waals surface area contributed by atoms with Gasteiger partial charge in [-0.3, -0.25) is 13.6 Å². The molecule has 74 valence electrons. The third-order valence-electron chi connectivity index (χ3n) is 1.24. The number of nitrogens with one attached hydrogen (secondary N) is 1. The molecule has 6 nitrogen and oxygen atoms in total. The maximum absolute atomic E-state index is 10.8. The Morgan fingerprint density at radius 2 is 2.08 bits per heavy atom. The van der Waals surface area contributed by atoms with E-state index in [1.165, 1.54) is 6.26 Å². The van der Waals surface area contributed by atoms with Crippen molar-refractivity contribution in [2.45, 2.75) is 12.2 Å². The Morgan fingerprint density at radius 1 is 1.67 bits per heavy atom. The van der Waals surface area contributed by atoms with Crippen molar-refractivity contribution in [2.24, 2.45) is 5.73 Å². The Morgan fingerprint density at radius 3 is 2.33 bits per heavy atom. The van der Waals surface area contributed by atoms with Gasteiger partial charge in [-0.2, -0.15) is 0 Å². The van der Waals surface area contributed by atoms with E-state index in [0.29, 0.717) is 0 Å². The second kappa shape index (κ2) is 3.85. The van der Waals surface area contributed by atoms with Crippen LogP contribution in [0.3, 0.4) is 0 Å². The Kier molecular flexibility index (Phi) is 3.87. The molecule has 0 saturated carbocycles. The SMILES string of the molecule is C[S@@](=N)(=O)CC[C@@H](N)P(=O)(O)O. The van der Waals surface area contributed by atoms with E-state index >= 15 is 0 Å². The van der Waals surface area contributed by atoms with E-state index in [2.05, 4.69) is 0 Å². The second-order valence-corrected chi connectivity index (χ2v) is 6.91. The van der Waals surface area contributed by atoms with E-state index in [0.717, 1.165) is 0 Å². The van der Waals surface area contributed by atoms with Crippen LogP contribution in [-0.2, 0) is 14.3 Å². The fourth-order valence-corrected chi connectivity index (χ4v) is 1.86. The Labute approximate surface area is 71.3 Å². The predicted molar refractivity (Wildman–Crippen MR) is 46.3 cm³/mol. The smallest absolute Gasteiger partial charge is 0.323 e. The van der Waals surface area contributed by atoms with Crippen LogP contribution in [0.1, 0.15) is 6.42 Å². The third-order valence-corrected chi connectivity index (χ3v) is 3.37. The predicted octanol–water partition coefficient (Wildman–Crippen LogP) is -0.484. The zero-order chi connectivity index (χ0) is 9.99. The van der Waals surface area contributed by atoms with Gasteiger partial charge in [0.05, 0.1) is 0 Å². The van der Waals surface area contributed by atoms with Crippen molar-refractivity contribution in [3.8, 4) is 0 Å². The molecule has 0 aliphatic heterocycles. The highest BCUT2D eigenvalue weighted by Gasteiger charge is 2.24. The van der Waals surface area contributed by atoms with Crippen LogP contribution in [0.5, 0.6) is 0 Å². The van der Waals surface area contributed by atoms with Crippen LogP contribution < -0.4 is 5.73 Å². The van der Waals surface area contributed by atoms with Gasteiger partial charge in [0.1, 0.15) is 5.78 Å². The summed E-state index contributed by atoms with van der Waals surface area (Å²) in [6, 6.07) is 0. The van der Waals surface area contributed by atoms with Crippen LogP contribution in [-0.4, -0.2) is 31.8 Å². The summed E-state index contributed by atoms with van der Waals surface area (Å²) in [6.45, 7) is 0. The molecule has 0 rings (SSSR count). The van der Waals surface area contributed by atoms with Gasteiger partial charge < -0.3 is 15.5 Å². The number of hydrogen-bond acceptors (Lipinski definition) is 4. The summed E-state index contributed by atoms with van der Waals surface area (Å²) in [5, 5.41) is 0. The van der Waals surface area contributed by atoms with Crippen molar-refractivity contribution in [1.82, 2.24) is 0 Å². The summed E-state index contributed by atoms with van der Waals surface area (Å²) in [4.78, 5) is 17.0. The fraction of sp³-hybridized carbons (Fsp3) is 1.00. The molecule has 0 aromatic carbocycles. The van der Waals surface area contributed by atoms with Crippen LogP contribution in [0.4, 0.5) is 0 Å². The normalized spacial score (nSPS) is 20.0. The van der Waals surface area contributed by atoms with Crippen LogP contribution >= 0.6 is 7.60 Å². The largest absolute Gasteiger partial charge is 0.342 e. The van der Waals surface area contributed by atoms with Gasteiger partial charge in [0.25, 0.3) is 0 Å². The van der Waals surface area contributed by atoms with Crippen molar-refractivity contribution >= 4 is 17.3 Å². The topological polar surface area (TPSA) is 124 Å². The number of rotatable bonds is 4. The zero-order valence-electron chi connectivity index (χ0n) is 6.64. The van der Waals surface area contributed by atoms with Gasteiger partial charge in [0.2, 0.25) is 0 Å². The lowest BCUT2D eigenvalue weighted by Gasteiger charge is -2.12. The van der Waals surface area contributed by atoms with Crippen molar-refractivity contribution in [2.75, 3.05) is 12.0 Å². The van der Waals surface area contributed by atoms with Crippen molar-refractivity contribution in [1.29, 1.82) is 4.78 Å². The Balaban J connectivity index is 4.06. The first-order valence-corrected chi connectivity index (χ1v) is 6.97. The molecule has 2 atom stereocenters. The number of hydrogen-bond donors (Lipinski definition) is 4. The van der Waals surface area contributed by atoms with E-state index in [1.807, 2.05) is 0 Å². The molecule has 0 saturated heterocycles. The highest BCUT2D eigenvalue weighted by Crippen LogP contribution is 2.39. The summed E-state index contributed by atoms with van der Waals surface area (Å²) >= 11 is 0. The lowest BCUT2D eigenvalue weighted by molar-refractivity contribution is 0.357. The van der Waals surface area contributed by atoms with E-state index in [1.54, 1.807) is 0 Å². The summed E-state index contributed by atoms with van der Waals surface area (Å²) in [7, 11) is -6.98. The average molecular weight is 216 g/mol. The summed E-state index contributed by atoms with van der Waals surface area (Å²) in [6.07, 6.45) is 1.11. The molecule has 0 aliphatic rings. The summed E-state index contributed by atoms with van der Waals surface area (Å²) in [5.41, 5.74) is 5.09. The highest BCUT2D eigenvalue weighted by molar-refractivity contribution is 7.91. The van der Waals surface area contributed by atoms with Gasteiger partial charge >= 0.3 is 7.60 Å². The van der Waals surface area contributed by atoms with Crippen molar-refractivity contribution in [3.05, 3.63) is 0 Å². The molecule has 0 aromatic heterocycles. The van der Waals surface area contributed by atoms with E-state index in [-0.39, 0.29) is 12.2 Å². The van der Waals surface area contributed by atoms with Gasteiger partial charge in [-0.1, -0.05) is 0 Å². The van der Waals surface area contributed by atoms with Gasteiger partial charge in [-0.15, -0.1) is 0 Å². The lowest BCUT2D eigenvalue weighted by Crippen LogP contribution is -2.23.